The quantitative estimate of drug-likeness (QED) is 0.0638. The van der Waals surface area contributed by atoms with Crippen molar-refractivity contribution >= 4 is 45.0 Å². The molecule has 13 heteroatoms. The van der Waals surface area contributed by atoms with Crippen LogP contribution in [0, 0.1) is 13.8 Å². The Hall–Kier alpha value is -7.51. The summed E-state index contributed by atoms with van der Waals surface area (Å²) in [5.74, 6) is 4.64. The summed E-state index contributed by atoms with van der Waals surface area (Å²) in [5.41, 5.74) is 5.58. The van der Waals surface area contributed by atoms with Crippen LogP contribution in [0.15, 0.2) is 146 Å². The predicted molar refractivity (Wildman–Crippen MR) is 274 cm³/mol. The standard InChI is InChI=1S/C31H33N3O4.C26H22ClNO4/c1-22-9-10-27(25(19-22)31(35)23-7-5-4-6-8-23)38-28-11-12-32-26-21-30(29(36-3)20-24(26)28)37-18-17-34-15-13-33(2)14-16-34;1-17-8-9-22(20(14-17)26(29)18-6-4-3-5-7-18)32-23-10-12-28-21-16-25(31-13-11-27)24(30-2)15-19(21)23/h4-12,19-21H,13-18H2,1-3H3;3-10,12,14-16H,11,13H2,1-2H3. The molecule has 0 aliphatic carbocycles. The number of carbonyl (C=O) groups is 2. The zero-order valence-electron chi connectivity index (χ0n) is 39.9. The molecule has 9 rings (SSSR count). The number of carbonyl (C=O) groups excluding carboxylic acids is 2. The van der Waals surface area contributed by atoms with E-state index in [1.807, 2.05) is 117 Å². The van der Waals surface area contributed by atoms with Crippen LogP contribution in [0.5, 0.6) is 46.0 Å². The first-order valence-corrected chi connectivity index (χ1v) is 23.6. The van der Waals surface area contributed by atoms with Gasteiger partial charge in [0, 0.05) is 79.1 Å². The second-order valence-corrected chi connectivity index (χ2v) is 17.2. The molecule has 1 fully saturated rings. The van der Waals surface area contributed by atoms with Gasteiger partial charge in [0.25, 0.3) is 0 Å². The Labute approximate surface area is 413 Å². The van der Waals surface area contributed by atoms with E-state index in [1.165, 1.54) is 0 Å². The first-order valence-electron chi connectivity index (χ1n) is 23.0. The van der Waals surface area contributed by atoms with E-state index in [0.717, 1.165) is 60.1 Å². The van der Waals surface area contributed by atoms with E-state index in [1.54, 1.807) is 56.9 Å². The molecule has 0 N–H and O–H groups in total. The van der Waals surface area contributed by atoms with Crippen LogP contribution >= 0.6 is 11.6 Å². The van der Waals surface area contributed by atoms with Crippen molar-refractivity contribution in [2.45, 2.75) is 13.8 Å². The largest absolute Gasteiger partial charge is 0.493 e. The van der Waals surface area contributed by atoms with Crippen LogP contribution in [-0.2, 0) is 0 Å². The molecule has 0 unspecified atom stereocenters. The molecule has 6 aromatic carbocycles. The van der Waals surface area contributed by atoms with Crippen LogP contribution in [0.3, 0.4) is 0 Å². The lowest BCUT2D eigenvalue weighted by atomic mass is 10.0. The smallest absolute Gasteiger partial charge is 0.196 e. The lowest BCUT2D eigenvalue weighted by Gasteiger charge is -2.32. The van der Waals surface area contributed by atoms with Crippen molar-refractivity contribution < 1.29 is 38.0 Å². The molecule has 1 aliphatic heterocycles. The molecule has 12 nitrogen and oxygen atoms in total. The van der Waals surface area contributed by atoms with Gasteiger partial charge in [-0.1, -0.05) is 83.9 Å². The maximum Gasteiger partial charge on any atom is 0.196 e. The number of nitrogens with zero attached hydrogens (tertiary/aromatic N) is 4. The summed E-state index contributed by atoms with van der Waals surface area (Å²) in [5, 5.41) is 1.51. The summed E-state index contributed by atoms with van der Waals surface area (Å²) >= 11 is 5.75. The Morgan fingerprint density at radius 2 is 0.986 bits per heavy atom. The van der Waals surface area contributed by atoms with Gasteiger partial charge in [-0.15, -0.1) is 11.6 Å². The van der Waals surface area contributed by atoms with Gasteiger partial charge < -0.3 is 33.3 Å². The minimum Gasteiger partial charge on any atom is -0.493 e. The van der Waals surface area contributed by atoms with E-state index in [-0.39, 0.29) is 11.6 Å². The minimum atomic E-state index is -0.1000. The Morgan fingerprint density at radius 1 is 0.529 bits per heavy atom. The normalized spacial score (nSPS) is 12.7. The van der Waals surface area contributed by atoms with Gasteiger partial charge in [-0.3, -0.25) is 24.5 Å². The highest BCUT2D eigenvalue weighted by molar-refractivity contribution is 6.18. The number of hydrogen-bond donors (Lipinski definition) is 0. The van der Waals surface area contributed by atoms with Gasteiger partial charge in [-0.05, 0) is 69.4 Å². The van der Waals surface area contributed by atoms with Crippen molar-refractivity contribution in [1.82, 2.24) is 19.8 Å². The summed E-state index contributed by atoms with van der Waals surface area (Å²) in [6, 6.07) is 40.5. The molecule has 0 amide bonds. The zero-order valence-corrected chi connectivity index (χ0v) is 40.7. The summed E-state index contributed by atoms with van der Waals surface area (Å²) < 4.78 is 35.6. The summed E-state index contributed by atoms with van der Waals surface area (Å²) in [7, 11) is 5.35. The molecular weight excluding hydrogens is 904 g/mol. The average Bonchev–Trinajstić information content (AvgIpc) is 3.39. The third-order valence-electron chi connectivity index (χ3n) is 11.8. The first kappa shape index (κ1) is 48.9. The topological polar surface area (TPSA) is 122 Å². The first-order chi connectivity index (χ1) is 34.1. The van der Waals surface area contributed by atoms with E-state index in [4.69, 9.17) is 40.0 Å². The fourth-order valence-corrected chi connectivity index (χ4v) is 8.11. The molecule has 1 aliphatic rings. The summed E-state index contributed by atoms with van der Waals surface area (Å²) in [6.07, 6.45) is 3.35. The maximum absolute atomic E-state index is 13.3. The van der Waals surface area contributed by atoms with Gasteiger partial charge in [-0.25, -0.2) is 0 Å². The molecule has 0 saturated carbocycles. The van der Waals surface area contributed by atoms with E-state index in [2.05, 4.69) is 26.8 Å². The molecular formula is C57H55ClN4O8. The fraction of sp³-hybridized carbons (Fsp3) is 0.228. The second-order valence-electron chi connectivity index (χ2n) is 16.8. The molecule has 70 heavy (non-hydrogen) atoms. The predicted octanol–water partition coefficient (Wildman–Crippen LogP) is 11.4. The molecule has 1 saturated heterocycles. The molecule has 358 valence electrons. The van der Waals surface area contributed by atoms with Gasteiger partial charge in [0.1, 0.15) is 36.2 Å². The number of aryl methyl sites for hydroxylation is 2. The number of halogens is 1. The Balaban J connectivity index is 0.000000191. The molecule has 0 radical (unpaired) electrons. The number of hydrogen-bond acceptors (Lipinski definition) is 12. The lowest BCUT2D eigenvalue weighted by Crippen LogP contribution is -2.45. The van der Waals surface area contributed by atoms with Crippen LogP contribution in [0.2, 0.25) is 0 Å². The van der Waals surface area contributed by atoms with Gasteiger partial charge >= 0.3 is 0 Å². The van der Waals surface area contributed by atoms with Gasteiger partial charge in [0.2, 0.25) is 0 Å². The summed E-state index contributed by atoms with van der Waals surface area (Å²) in [4.78, 5) is 40.2. The second kappa shape index (κ2) is 23.2. The van der Waals surface area contributed by atoms with Crippen molar-refractivity contribution in [2.75, 3.05) is 73.1 Å². The van der Waals surface area contributed by atoms with Crippen molar-refractivity contribution in [3.63, 3.8) is 0 Å². The molecule has 0 bridgehead atoms. The molecule has 2 aromatic heterocycles. The van der Waals surface area contributed by atoms with Crippen molar-refractivity contribution in [3.05, 3.63) is 179 Å². The van der Waals surface area contributed by atoms with Gasteiger partial charge in [-0.2, -0.15) is 0 Å². The Bertz CT molecular complexity index is 3090. The van der Waals surface area contributed by atoms with E-state index < -0.39 is 0 Å². The van der Waals surface area contributed by atoms with Crippen LogP contribution in [0.25, 0.3) is 21.8 Å². The van der Waals surface area contributed by atoms with Crippen LogP contribution < -0.4 is 28.4 Å². The highest BCUT2D eigenvalue weighted by Gasteiger charge is 2.21. The van der Waals surface area contributed by atoms with Crippen LogP contribution in [0.1, 0.15) is 43.0 Å². The number of benzene rings is 6. The van der Waals surface area contributed by atoms with E-state index >= 15 is 0 Å². The number of methoxy groups -OCH3 is 2. The number of alkyl halides is 1. The van der Waals surface area contributed by atoms with E-state index in [0.29, 0.717) is 92.9 Å². The number of piperazine rings is 1. The Morgan fingerprint density at radius 3 is 1.43 bits per heavy atom. The molecule has 0 spiro atoms. The van der Waals surface area contributed by atoms with Crippen molar-refractivity contribution in [2.24, 2.45) is 0 Å². The average molecular weight is 960 g/mol. The number of aromatic nitrogens is 2. The Kier molecular flexibility index (Phi) is 16.2. The third kappa shape index (κ3) is 11.8. The SMILES string of the molecule is COc1cc2c(Oc3ccc(C)cc3C(=O)c3ccccc3)ccnc2cc1OCCCl.COc1cc2c(Oc3ccc(C)cc3C(=O)c3ccccc3)ccnc2cc1OCCN1CCN(C)CC1. The molecule has 3 heterocycles. The molecule has 0 atom stereocenters. The number of ketones is 2. The molecule has 8 aromatic rings. The van der Waals surface area contributed by atoms with Crippen molar-refractivity contribution in [1.29, 1.82) is 0 Å². The number of fused-ring (bicyclic) bond motifs is 2. The van der Waals surface area contributed by atoms with Gasteiger partial charge in [0.15, 0.2) is 34.6 Å². The maximum atomic E-state index is 13.3. The van der Waals surface area contributed by atoms with Crippen LogP contribution in [-0.4, -0.2) is 104 Å². The zero-order chi connectivity index (χ0) is 49.0. The fourth-order valence-electron chi connectivity index (χ4n) is 8.03. The number of rotatable bonds is 17. The lowest BCUT2D eigenvalue weighted by molar-refractivity contribution is 0.102. The highest BCUT2D eigenvalue weighted by Crippen LogP contribution is 2.40. The van der Waals surface area contributed by atoms with Crippen LogP contribution in [0.4, 0.5) is 0 Å². The summed E-state index contributed by atoms with van der Waals surface area (Å²) in [6.45, 7) is 9.93. The number of ether oxygens (including phenoxy) is 6. The van der Waals surface area contributed by atoms with E-state index in [9.17, 15) is 9.59 Å². The number of pyridine rings is 2. The third-order valence-corrected chi connectivity index (χ3v) is 12.0. The van der Waals surface area contributed by atoms with Gasteiger partial charge in [0.05, 0.1) is 42.3 Å². The highest BCUT2D eigenvalue weighted by atomic mass is 35.5. The minimum absolute atomic E-state index is 0.0868. The van der Waals surface area contributed by atoms with Crippen molar-refractivity contribution in [3.8, 4) is 46.0 Å². The monoisotopic (exact) mass is 958 g/mol. The number of likely N-dealkylation sites (N-methyl/N-ethyl adjacent to an activating group) is 1.